The quantitative estimate of drug-likeness (QED) is 0.746. The van der Waals surface area contributed by atoms with Gasteiger partial charge in [-0.1, -0.05) is 0 Å². The van der Waals surface area contributed by atoms with Gasteiger partial charge in [0, 0.05) is 18.0 Å². The predicted octanol–water partition coefficient (Wildman–Crippen LogP) is 4.29. The van der Waals surface area contributed by atoms with E-state index in [-0.39, 0.29) is 6.09 Å². The van der Waals surface area contributed by atoms with E-state index in [9.17, 15) is 4.79 Å². The monoisotopic (exact) mass is 402 g/mol. The van der Waals surface area contributed by atoms with Gasteiger partial charge in [0.2, 0.25) is 0 Å². The number of hydrogen-bond acceptors (Lipinski definition) is 4. The van der Waals surface area contributed by atoms with Crippen LogP contribution in [0.1, 0.15) is 38.5 Å². The molecule has 4 nitrogen and oxygen atoms in total. The minimum absolute atomic E-state index is 0.174. The van der Waals surface area contributed by atoms with E-state index in [1.807, 2.05) is 25.7 Å². The van der Waals surface area contributed by atoms with Gasteiger partial charge in [0.05, 0.1) is 3.79 Å². The normalized spacial score (nSPS) is 16.6. The van der Waals surface area contributed by atoms with E-state index in [1.54, 1.807) is 11.3 Å². The fourth-order valence-corrected chi connectivity index (χ4v) is 4.13. The van der Waals surface area contributed by atoms with E-state index in [4.69, 9.17) is 4.74 Å². The highest BCUT2D eigenvalue weighted by Crippen LogP contribution is 2.22. The van der Waals surface area contributed by atoms with Gasteiger partial charge in [0.15, 0.2) is 0 Å². The zero-order chi connectivity index (χ0) is 16.9. The molecule has 1 saturated heterocycles. The topological polar surface area (TPSA) is 41.6 Å². The molecule has 1 fully saturated rings. The largest absolute Gasteiger partial charge is 0.444 e. The van der Waals surface area contributed by atoms with E-state index in [2.05, 4.69) is 33.4 Å². The number of carbonyl (C=O) groups is 1. The first-order chi connectivity index (χ1) is 10.8. The number of ether oxygens (including phenoxy) is 1. The molecule has 0 saturated carbocycles. The van der Waals surface area contributed by atoms with Crippen LogP contribution in [0.3, 0.4) is 0 Å². The number of rotatable bonds is 5. The van der Waals surface area contributed by atoms with Crippen molar-refractivity contribution in [1.29, 1.82) is 0 Å². The summed E-state index contributed by atoms with van der Waals surface area (Å²) in [6.07, 6.45) is 3.01. The Morgan fingerprint density at radius 3 is 2.65 bits per heavy atom. The summed E-state index contributed by atoms with van der Waals surface area (Å²) in [5, 5.41) is 3.55. The molecule has 0 radical (unpaired) electrons. The van der Waals surface area contributed by atoms with Crippen molar-refractivity contribution in [3.05, 3.63) is 20.8 Å². The van der Waals surface area contributed by atoms with Crippen LogP contribution in [0.5, 0.6) is 0 Å². The van der Waals surface area contributed by atoms with Crippen molar-refractivity contribution in [1.82, 2.24) is 10.2 Å². The molecule has 0 atom stereocenters. The third kappa shape index (κ3) is 6.81. The molecule has 2 heterocycles. The molecule has 1 aromatic rings. The maximum atomic E-state index is 12.0. The average Bonchev–Trinajstić information content (AvgIpc) is 2.88. The maximum absolute atomic E-state index is 12.0. The van der Waals surface area contributed by atoms with E-state index < -0.39 is 5.60 Å². The Kier molecular flexibility index (Phi) is 6.92. The number of piperidine rings is 1. The first kappa shape index (κ1) is 18.7. The van der Waals surface area contributed by atoms with E-state index >= 15 is 0 Å². The molecule has 0 bridgehead atoms. The zero-order valence-corrected chi connectivity index (χ0v) is 16.6. The number of likely N-dealkylation sites (tertiary alicyclic amines) is 1. The molecule has 23 heavy (non-hydrogen) atoms. The first-order valence-electron chi connectivity index (χ1n) is 8.26. The highest BCUT2D eigenvalue weighted by atomic mass is 79.9. The highest BCUT2D eigenvalue weighted by molar-refractivity contribution is 9.11. The Labute approximate surface area is 151 Å². The van der Waals surface area contributed by atoms with Crippen LogP contribution in [0.25, 0.3) is 0 Å². The summed E-state index contributed by atoms with van der Waals surface area (Å²) in [6.45, 7) is 9.39. The van der Waals surface area contributed by atoms with Crippen LogP contribution in [0.15, 0.2) is 15.9 Å². The lowest BCUT2D eigenvalue weighted by Crippen LogP contribution is -2.43. The highest BCUT2D eigenvalue weighted by Gasteiger charge is 2.26. The van der Waals surface area contributed by atoms with Crippen LogP contribution >= 0.6 is 27.3 Å². The van der Waals surface area contributed by atoms with E-state index in [0.29, 0.717) is 5.92 Å². The molecule has 0 unspecified atom stereocenters. The average molecular weight is 403 g/mol. The number of thiophene rings is 1. The first-order valence-corrected chi connectivity index (χ1v) is 9.87. The maximum Gasteiger partial charge on any atom is 0.410 e. The molecule has 1 N–H and O–H groups in total. The van der Waals surface area contributed by atoms with E-state index in [1.165, 1.54) is 8.66 Å². The van der Waals surface area contributed by atoms with Gasteiger partial charge in [-0.25, -0.2) is 4.79 Å². The van der Waals surface area contributed by atoms with Crippen LogP contribution in [-0.2, 0) is 11.2 Å². The number of hydrogen-bond donors (Lipinski definition) is 1. The summed E-state index contributed by atoms with van der Waals surface area (Å²) >= 11 is 5.29. The van der Waals surface area contributed by atoms with Crippen molar-refractivity contribution >= 4 is 33.4 Å². The van der Waals surface area contributed by atoms with Crippen molar-refractivity contribution in [3.8, 4) is 0 Å². The zero-order valence-electron chi connectivity index (χ0n) is 14.2. The van der Waals surface area contributed by atoms with Gasteiger partial charge >= 0.3 is 6.09 Å². The molecular formula is C17H27BrN2O2S. The molecule has 2 rings (SSSR count). The lowest BCUT2D eigenvalue weighted by atomic mass is 9.97. The van der Waals surface area contributed by atoms with Gasteiger partial charge in [0.25, 0.3) is 0 Å². The summed E-state index contributed by atoms with van der Waals surface area (Å²) in [6, 6.07) is 4.28. The number of amides is 1. The van der Waals surface area contributed by atoms with Crippen LogP contribution in [-0.4, -0.2) is 42.8 Å². The van der Waals surface area contributed by atoms with Gasteiger partial charge in [-0.2, -0.15) is 0 Å². The second-order valence-corrected chi connectivity index (χ2v) is 9.62. The molecule has 0 aliphatic carbocycles. The molecule has 1 amide bonds. The molecule has 6 heteroatoms. The lowest BCUT2D eigenvalue weighted by molar-refractivity contribution is 0.0184. The molecule has 0 spiro atoms. The van der Waals surface area contributed by atoms with Crippen molar-refractivity contribution in [3.63, 3.8) is 0 Å². The lowest BCUT2D eigenvalue weighted by Gasteiger charge is -2.33. The third-order valence-electron chi connectivity index (χ3n) is 3.88. The summed E-state index contributed by atoms with van der Waals surface area (Å²) in [5.41, 5.74) is -0.410. The van der Waals surface area contributed by atoms with Crippen LogP contribution in [0.2, 0.25) is 0 Å². The van der Waals surface area contributed by atoms with Gasteiger partial charge in [-0.05, 0) is 87.1 Å². The molecule has 1 aromatic heterocycles. The van der Waals surface area contributed by atoms with Crippen LogP contribution in [0.4, 0.5) is 4.79 Å². The number of halogens is 1. The molecular weight excluding hydrogens is 376 g/mol. The van der Waals surface area contributed by atoms with Gasteiger partial charge in [-0.15, -0.1) is 11.3 Å². The summed E-state index contributed by atoms with van der Waals surface area (Å²) in [5.74, 6) is 0.656. The molecule has 0 aromatic carbocycles. The predicted molar refractivity (Wildman–Crippen MR) is 99.1 cm³/mol. The number of nitrogens with zero attached hydrogens (tertiary/aromatic N) is 1. The SMILES string of the molecule is CC(C)(C)OC(=O)N1CCC(CNCCc2ccc(Br)s2)CC1. The second-order valence-electron chi connectivity index (χ2n) is 7.07. The molecule has 1 aliphatic rings. The Hall–Kier alpha value is -0.590. The summed E-state index contributed by atoms with van der Waals surface area (Å²) in [4.78, 5) is 15.3. The Balaban J connectivity index is 1.60. The molecule has 1 aliphatic heterocycles. The van der Waals surface area contributed by atoms with E-state index in [0.717, 1.165) is 45.4 Å². The van der Waals surface area contributed by atoms with Crippen LogP contribution in [0, 0.1) is 5.92 Å². The standard InChI is InChI=1S/C17H27BrN2O2S/c1-17(2,3)22-16(21)20-10-7-13(8-11-20)12-19-9-6-14-4-5-15(18)23-14/h4-5,13,19H,6-12H2,1-3H3. The number of carbonyl (C=O) groups excluding carboxylic acids is 1. The Morgan fingerprint density at radius 2 is 2.09 bits per heavy atom. The number of nitrogens with one attached hydrogen (secondary N) is 1. The minimum atomic E-state index is -0.410. The Morgan fingerprint density at radius 1 is 1.39 bits per heavy atom. The van der Waals surface area contributed by atoms with Crippen molar-refractivity contribution in [2.75, 3.05) is 26.2 Å². The third-order valence-corrected chi connectivity index (χ3v) is 5.56. The Bertz CT molecular complexity index is 505. The molecule has 130 valence electrons. The van der Waals surface area contributed by atoms with Crippen molar-refractivity contribution in [2.24, 2.45) is 5.92 Å². The summed E-state index contributed by atoms with van der Waals surface area (Å²) in [7, 11) is 0. The second kappa shape index (κ2) is 8.49. The minimum Gasteiger partial charge on any atom is -0.444 e. The fourth-order valence-electron chi connectivity index (χ4n) is 2.65. The van der Waals surface area contributed by atoms with Crippen LogP contribution < -0.4 is 5.32 Å². The van der Waals surface area contributed by atoms with Gasteiger partial charge in [0.1, 0.15) is 5.60 Å². The summed E-state index contributed by atoms with van der Waals surface area (Å²) < 4.78 is 6.63. The van der Waals surface area contributed by atoms with Crippen molar-refractivity contribution in [2.45, 2.75) is 45.6 Å². The van der Waals surface area contributed by atoms with Crippen molar-refractivity contribution < 1.29 is 9.53 Å². The smallest absolute Gasteiger partial charge is 0.410 e. The van der Waals surface area contributed by atoms with Gasteiger partial charge < -0.3 is 15.0 Å². The fraction of sp³-hybridized carbons (Fsp3) is 0.706. The van der Waals surface area contributed by atoms with Gasteiger partial charge in [-0.3, -0.25) is 0 Å².